The smallest absolute Gasteiger partial charge is 0.233 e. The van der Waals surface area contributed by atoms with Crippen LogP contribution in [0.2, 0.25) is 0 Å². The topological polar surface area (TPSA) is 41.6 Å². The minimum absolute atomic E-state index is 0. The summed E-state index contributed by atoms with van der Waals surface area (Å²) in [4.78, 5) is 16.0. The molecule has 1 amide bonds. The number of rotatable bonds is 5. The van der Waals surface area contributed by atoms with Crippen LogP contribution in [-0.2, 0) is 4.79 Å². The van der Waals surface area contributed by atoms with E-state index in [2.05, 4.69) is 36.5 Å². The largest absolute Gasteiger partial charge is 0.496 e. The molecule has 2 aromatic carbocycles. The minimum Gasteiger partial charge on any atom is -0.496 e. The van der Waals surface area contributed by atoms with Gasteiger partial charge in [0.2, 0.25) is 5.91 Å². The van der Waals surface area contributed by atoms with Gasteiger partial charge >= 0.3 is 0 Å². The molecule has 6 heteroatoms. The van der Waals surface area contributed by atoms with Crippen molar-refractivity contribution in [3.63, 3.8) is 0 Å². The van der Waals surface area contributed by atoms with Gasteiger partial charge in [0.25, 0.3) is 0 Å². The molecule has 1 atom stereocenters. The molecule has 0 saturated carbocycles. The molecule has 1 heterocycles. The Labute approximate surface area is 165 Å². The molecule has 0 aromatic heterocycles. The normalized spacial score (nSPS) is 16.7. The van der Waals surface area contributed by atoms with Gasteiger partial charge in [-0.05, 0) is 25.1 Å². The van der Waals surface area contributed by atoms with Crippen LogP contribution >= 0.6 is 24.2 Å². The minimum atomic E-state index is 0. The van der Waals surface area contributed by atoms with Crippen LogP contribution in [0.1, 0.15) is 17.2 Å². The number of hydrogen-bond donors (Lipinski definition) is 1. The Balaban J connectivity index is 0.00000243. The molecule has 1 aliphatic rings. The molecule has 26 heavy (non-hydrogen) atoms. The summed E-state index contributed by atoms with van der Waals surface area (Å²) >= 11 is 1.60. The first kappa shape index (κ1) is 20.6. The van der Waals surface area contributed by atoms with Crippen molar-refractivity contribution in [3.8, 4) is 5.75 Å². The summed E-state index contributed by atoms with van der Waals surface area (Å²) in [5.74, 6) is 1.46. The number of thioether (sulfide) groups is 1. The van der Waals surface area contributed by atoms with Crippen LogP contribution in [0.3, 0.4) is 0 Å². The van der Waals surface area contributed by atoms with E-state index >= 15 is 0 Å². The molecule has 0 spiro atoms. The number of benzene rings is 2. The van der Waals surface area contributed by atoms with Crippen LogP contribution in [0, 0.1) is 6.92 Å². The van der Waals surface area contributed by atoms with Gasteiger partial charge in [-0.25, -0.2) is 0 Å². The maximum absolute atomic E-state index is 12.9. The van der Waals surface area contributed by atoms with E-state index in [9.17, 15) is 4.79 Å². The summed E-state index contributed by atoms with van der Waals surface area (Å²) in [6.07, 6.45) is 0. The number of ether oxygens (including phenoxy) is 1. The van der Waals surface area contributed by atoms with Crippen molar-refractivity contribution in [1.82, 2.24) is 10.2 Å². The molecule has 1 fully saturated rings. The predicted octanol–water partition coefficient (Wildman–Crippen LogP) is 3.69. The number of para-hydroxylation sites is 1. The van der Waals surface area contributed by atoms with Gasteiger partial charge in [0.15, 0.2) is 0 Å². The third-order valence-corrected chi connectivity index (χ3v) is 5.44. The Hall–Kier alpha value is -1.69. The van der Waals surface area contributed by atoms with Crippen molar-refractivity contribution in [2.45, 2.75) is 17.9 Å². The first-order valence-electron chi connectivity index (χ1n) is 8.51. The first-order valence-corrected chi connectivity index (χ1v) is 9.50. The van der Waals surface area contributed by atoms with E-state index in [4.69, 9.17) is 4.74 Å². The molecule has 2 aromatic rings. The van der Waals surface area contributed by atoms with Gasteiger partial charge in [-0.1, -0.05) is 35.9 Å². The number of aryl methyl sites for hydroxylation is 1. The Kier molecular flexibility index (Phi) is 7.82. The van der Waals surface area contributed by atoms with Gasteiger partial charge in [-0.2, -0.15) is 0 Å². The van der Waals surface area contributed by atoms with Crippen LogP contribution in [-0.4, -0.2) is 43.3 Å². The highest BCUT2D eigenvalue weighted by Crippen LogP contribution is 2.31. The molecular formula is C20H25ClN2O2S. The fourth-order valence-corrected chi connectivity index (χ4v) is 3.87. The summed E-state index contributed by atoms with van der Waals surface area (Å²) in [5.41, 5.74) is 2.29. The van der Waals surface area contributed by atoms with Crippen molar-refractivity contribution in [3.05, 3.63) is 59.7 Å². The van der Waals surface area contributed by atoms with E-state index in [-0.39, 0.29) is 24.4 Å². The number of halogens is 1. The quantitative estimate of drug-likeness (QED) is 0.788. The number of nitrogens with zero attached hydrogens (tertiary/aromatic N) is 1. The number of carbonyl (C=O) groups is 1. The lowest BCUT2D eigenvalue weighted by Gasteiger charge is -2.37. The highest BCUT2D eigenvalue weighted by molar-refractivity contribution is 8.00. The second kappa shape index (κ2) is 9.86. The van der Waals surface area contributed by atoms with Crippen molar-refractivity contribution in [2.24, 2.45) is 0 Å². The zero-order valence-corrected chi connectivity index (χ0v) is 16.7. The van der Waals surface area contributed by atoms with E-state index in [0.29, 0.717) is 5.75 Å². The van der Waals surface area contributed by atoms with E-state index in [1.807, 2.05) is 29.2 Å². The Bertz CT molecular complexity index is 724. The van der Waals surface area contributed by atoms with Gasteiger partial charge in [0, 0.05) is 30.1 Å². The number of carbonyl (C=O) groups excluding carboxylic acids is 1. The summed E-state index contributed by atoms with van der Waals surface area (Å²) in [6, 6.07) is 16.3. The standard InChI is InChI=1S/C20H24N2O2S.ClH/c1-15-7-9-16(10-8-15)25-14-20(23)22-12-11-21-13-18(22)17-5-3-4-6-19(17)24-2;/h3-10,18,21H,11-14H2,1-2H3;1H. The monoisotopic (exact) mass is 392 g/mol. The molecule has 140 valence electrons. The van der Waals surface area contributed by atoms with Crippen molar-refractivity contribution < 1.29 is 9.53 Å². The number of nitrogens with one attached hydrogen (secondary N) is 1. The molecule has 0 bridgehead atoms. The molecule has 1 N–H and O–H groups in total. The fourth-order valence-electron chi connectivity index (χ4n) is 3.08. The summed E-state index contributed by atoms with van der Waals surface area (Å²) in [6.45, 7) is 4.36. The molecule has 3 rings (SSSR count). The number of methoxy groups -OCH3 is 1. The van der Waals surface area contributed by atoms with Crippen molar-refractivity contribution in [1.29, 1.82) is 0 Å². The van der Waals surface area contributed by atoms with E-state index in [0.717, 1.165) is 35.8 Å². The Morgan fingerprint density at radius 1 is 1.23 bits per heavy atom. The van der Waals surface area contributed by atoms with Gasteiger partial charge in [0.1, 0.15) is 5.75 Å². The SMILES string of the molecule is COc1ccccc1C1CNCCN1C(=O)CSc1ccc(C)cc1.Cl. The van der Waals surface area contributed by atoms with E-state index < -0.39 is 0 Å². The van der Waals surface area contributed by atoms with Gasteiger partial charge in [-0.3, -0.25) is 4.79 Å². The van der Waals surface area contributed by atoms with Gasteiger partial charge in [0.05, 0.1) is 18.9 Å². The zero-order valence-electron chi connectivity index (χ0n) is 15.1. The Morgan fingerprint density at radius 2 is 1.96 bits per heavy atom. The average molecular weight is 393 g/mol. The summed E-state index contributed by atoms with van der Waals surface area (Å²) in [7, 11) is 1.68. The lowest BCUT2D eigenvalue weighted by atomic mass is 10.0. The third kappa shape index (κ3) is 4.93. The molecule has 1 saturated heterocycles. The highest BCUT2D eigenvalue weighted by Gasteiger charge is 2.29. The number of piperazine rings is 1. The first-order chi connectivity index (χ1) is 12.2. The second-order valence-corrected chi connectivity index (χ2v) is 7.20. The molecule has 0 radical (unpaired) electrons. The molecule has 4 nitrogen and oxygen atoms in total. The average Bonchev–Trinajstić information content (AvgIpc) is 2.67. The van der Waals surface area contributed by atoms with Crippen LogP contribution in [0.15, 0.2) is 53.4 Å². The van der Waals surface area contributed by atoms with Gasteiger partial charge in [-0.15, -0.1) is 24.2 Å². The lowest BCUT2D eigenvalue weighted by molar-refractivity contribution is -0.131. The van der Waals surface area contributed by atoms with Crippen LogP contribution in [0.5, 0.6) is 5.75 Å². The van der Waals surface area contributed by atoms with Gasteiger partial charge < -0.3 is 15.0 Å². The molecule has 1 aliphatic heterocycles. The third-order valence-electron chi connectivity index (χ3n) is 4.44. The lowest BCUT2D eigenvalue weighted by Crippen LogP contribution is -2.49. The maximum atomic E-state index is 12.9. The van der Waals surface area contributed by atoms with E-state index in [1.165, 1.54) is 5.56 Å². The van der Waals surface area contributed by atoms with Crippen LogP contribution in [0.4, 0.5) is 0 Å². The number of hydrogen-bond acceptors (Lipinski definition) is 4. The Morgan fingerprint density at radius 3 is 2.69 bits per heavy atom. The van der Waals surface area contributed by atoms with Crippen molar-refractivity contribution >= 4 is 30.1 Å². The molecule has 1 unspecified atom stereocenters. The summed E-state index contributed by atoms with van der Waals surface area (Å²) in [5, 5.41) is 3.39. The van der Waals surface area contributed by atoms with Crippen molar-refractivity contribution in [2.75, 3.05) is 32.5 Å². The highest BCUT2D eigenvalue weighted by atomic mass is 35.5. The van der Waals surface area contributed by atoms with E-state index in [1.54, 1.807) is 18.9 Å². The zero-order chi connectivity index (χ0) is 17.6. The predicted molar refractivity (Wildman–Crippen MR) is 109 cm³/mol. The fraction of sp³-hybridized carbons (Fsp3) is 0.350. The summed E-state index contributed by atoms with van der Waals surface area (Å²) < 4.78 is 5.50. The second-order valence-electron chi connectivity index (χ2n) is 6.15. The molecular weight excluding hydrogens is 368 g/mol. The maximum Gasteiger partial charge on any atom is 0.233 e. The molecule has 0 aliphatic carbocycles. The van der Waals surface area contributed by atoms with Crippen LogP contribution in [0.25, 0.3) is 0 Å². The van der Waals surface area contributed by atoms with Crippen LogP contribution < -0.4 is 10.1 Å². The number of amides is 1.